The summed E-state index contributed by atoms with van der Waals surface area (Å²) in [4.78, 5) is 2.48. The van der Waals surface area contributed by atoms with Crippen molar-refractivity contribution in [2.24, 2.45) is 5.92 Å². The monoisotopic (exact) mass is 187 g/mol. The van der Waals surface area contributed by atoms with Gasteiger partial charge in [-0.05, 0) is 48.4 Å². The molecular formula is C13H17N. The third-order valence-electron chi connectivity index (χ3n) is 3.55. The van der Waals surface area contributed by atoms with Crippen molar-refractivity contribution in [2.75, 3.05) is 18.0 Å². The van der Waals surface area contributed by atoms with Gasteiger partial charge in [0.2, 0.25) is 0 Å². The van der Waals surface area contributed by atoms with Crippen LogP contribution in [-0.2, 0) is 12.8 Å². The minimum absolute atomic E-state index is 0.858. The lowest BCUT2D eigenvalue weighted by molar-refractivity contribution is 0.616. The van der Waals surface area contributed by atoms with Crippen LogP contribution in [0.15, 0.2) is 18.2 Å². The van der Waals surface area contributed by atoms with Crippen LogP contribution in [0.25, 0.3) is 0 Å². The second-order valence-electron chi connectivity index (χ2n) is 4.81. The molecule has 0 amide bonds. The van der Waals surface area contributed by atoms with Gasteiger partial charge in [-0.15, -0.1) is 0 Å². The molecule has 74 valence electrons. The van der Waals surface area contributed by atoms with Gasteiger partial charge in [0.25, 0.3) is 0 Å². The maximum Gasteiger partial charge on any atom is 0.0369 e. The molecule has 1 saturated heterocycles. The van der Waals surface area contributed by atoms with Crippen LogP contribution in [0, 0.1) is 5.92 Å². The second kappa shape index (κ2) is 3.01. The molecule has 0 bridgehead atoms. The van der Waals surface area contributed by atoms with E-state index in [1.807, 2.05) is 0 Å². The number of nitrogens with zero attached hydrogens (tertiary/aromatic N) is 1. The van der Waals surface area contributed by atoms with E-state index in [9.17, 15) is 0 Å². The minimum Gasteiger partial charge on any atom is -0.371 e. The molecule has 1 heteroatoms. The molecule has 1 atom stereocenters. The highest BCUT2D eigenvalue weighted by Gasteiger charge is 2.20. The summed E-state index contributed by atoms with van der Waals surface area (Å²) in [6.07, 6.45) is 3.94. The first-order chi connectivity index (χ1) is 6.83. The molecule has 3 rings (SSSR count). The maximum atomic E-state index is 2.48. The van der Waals surface area contributed by atoms with Crippen molar-refractivity contribution < 1.29 is 0 Å². The molecule has 1 aliphatic heterocycles. The predicted molar refractivity (Wildman–Crippen MR) is 59.8 cm³/mol. The molecule has 1 aromatic rings. The number of anilines is 1. The molecule has 0 radical (unpaired) electrons. The SMILES string of the molecule is C[C@H]1Cc2ccc(N3CCC3)cc2C1. The number of fused-ring (bicyclic) bond motifs is 1. The fourth-order valence-electron chi connectivity index (χ4n) is 2.60. The Morgan fingerprint density at radius 2 is 1.93 bits per heavy atom. The van der Waals surface area contributed by atoms with Gasteiger partial charge in [0.1, 0.15) is 0 Å². The molecule has 14 heavy (non-hydrogen) atoms. The zero-order valence-corrected chi connectivity index (χ0v) is 8.79. The molecule has 1 heterocycles. The van der Waals surface area contributed by atoms with Crippen molar-refractivity contribution in [3.05, 3.63) is 29.3 Å². The summed E-state index contributed by atoms with van der Waals surface area (Å²) < 4.78 is 0. The number of rotatable bonds is 1. The van der Waals surface area contributed by atoms with E-state index in [1.54, 1.807) is 11.1 Å². The van der Waals surface area contributed by atoms with Crippen LogP contribution in [0.5, 0.6) is 0 Å². The van der Waals surface area contributed by atoms with E-state index in [1.165, 1.54) is 38.0 Å². The summed E-state index contributed by atoms with van der Waals surface area (Å²) in [5.74, 6) is 0.858. The summed E-state index contributed by atoms with van der Waals surface area (Å²) in [5, 5.41) is 0. The van der Waals surface area contributed by atoms with Crippen LogP contribution in [0.2, 0.25) is 0 Å². The Balaban J connectivity index is 1.91. The van der Waals surface area contributed by atoms with Crippen LogP contribution in [0.1, 0.15) is 24.5 Å². The Hall–Kier alpha value is -0.980. The standard InChI is InChI=1S/C13H17N/c1-10-7-11-3-4-13(9-12(11)8-10)14-5-2-6-14/h3-4,9-10H,2,5-8H2,1H3/t10-/m0/s1. The Kier molecular flexibility index (Phi) is 1.79. The fourth-order valence-corrected chi connectivity index (χ4v) is 2.60. The minimum atomic E-state index is 0.858. The van der Waals surface area contributed by atoms with Crippen LogP contribution in [0.3, 0.4) is 0 Å². The molecule has 1 aromatic carbocycles. The van der Waals surface area contributed by atoms with Crippen molar-refractivity contribution in [3.8, 4) is 0 Å². The summed E-state index contributed by atoms with van der Waals surface area (Å²) in [6.45, 7) is 4.87. The molecule has 0 N–H and O–H groups in total. The third-order valence-corrected chi connectivity index (χ3v) is 3.55. The van der Waals surface area contributed by atoms with E-state index in [2.05, 4.69) is 30.0 Å². The molecule has 1 fully saturated rings. The van der Waals surface area contributed by atoms with Crippen molar-refractivity contribution in [1.82, 2.24) is 0 Å². The van der Waals surface area contributed by atoms with Gasteiger partial charge in [-0.25, -0.2) is 0 Å². The van der Waals surface area contributed by atoms with E-state index in [-0.39, 0.29) is 0 Å². The van der Waals surface area contributed by atoms with Gasteiger partial charge < -0.3 is 4.90 Å². The highest BCUT2D eigenvalue weighted by molar-refractivity contribution is 5.53. The van der Waals surface area contributed by atoms with Crippen molar-refractivity contribution in [3.63, 3.8) is 0 Å². The number of hydrogen-bond acceptors (Lipinski definition) is 1. The van der Waals surface area contributed by atoms with Gasteiger partial charge in [-0.3, -0.25) is 0 Å². The highest BCUT2D eigenvalue weighted by Crippen LogP contribution is 2.31. The summed E-state index contributed by atoms with van der Waals surface area (Å²) >= 11 is 0. The quantitative estimate of drug-likeness (QED) is 0.653. The van der Waals surface area contributed by atoms with E-state index < -0.39 is 0 Å². The van der Waals surface area contributed by atoms with E-state index in [4.69, 9.17) is 0 Å². The Morgan fingerprint density at radius 1 is 1.14 bits per heavy atom. The zero-order valence-electron chi connectivity index (χ0n) is 8.79. The lowest BCUT2D eigenvalue weighted by Gasteiger charge is -2.33. The van der Waals surface area contributed by atoms with Gasteiger partial charge in [0, 0.05) is 18.8 Å². The van der Waals surface area contributed by atoms with Crippen LogP contribution >= 0.6 is 0 Å². The predicted octanol–water partition coefficient (Wildman–Crippen LogP) is 2.63. The lowest BCUT2D eigenvalue weighted by Crippen LogP contribution is -2.36. The Bertz CT molecular complexity index is 352. The van der Waals surface area contributed by atoms with Crippen molar-refractivity contribution >= 4 is 5.69 Å². The van der Waals surface area contributed by atoms with Crippen molar-refractivity contribution in [2.45, 2.75) is 26.2 Å². The number of benzene rings is 1. The van der Waals surface area contributed by atoms with Crippen LogP contribution in [-0.4, -0.2) is 13.1 Å². The topological polar surface area (TPSA) is 3.24 Å². The molecule has 0 spiro atoms. The molecule has 1 aliphatic carbocycles. The summed E-state index contributed by atoms with van der Waals surface area (Å²) in [7, 11) is 0. The van der Waals surface area contributed by atoms with Crippen LogP contribution < -0.4 is 4.90 Å². The Labute approximate surface area is 85.7 Å². The molecule has 0 aromatic heterocycles. The van der Waals surface area contributed by atoms with Gasteiger partial charge in [0.05, 0.1) is 0 Å². The average Bonchev–Trinajstić information content (AvgIpc) is 2.40. The molecule has 0 unspecified atom stereocenters. The maximum absolute atomic E-state index is 2.48. The highest BCUT2D eigenvalue weighted by atomic mass is 15.2. The summed E-state index contributed by atoms with van der Waals surface area (Å²) in [5.41, 5.74) is 4.63. The second-order valence-corrected chi connectivity index (χ2v) is 4.81. The van der Waals surface area contributed by atoms with E-state index in [0.29, 0.717) is 0 Å². The van der Waals surface area contributed by atoms with Gasteiger partial charge in [0.15, 0.2) is 0 Å². The molecule has 2 aliphatic rings. The van der Waals surface area contributed by atoms with Crippen molar-refractivity contribution in [1.29, 1.82) is 0 Å². The lowest BCUT2D eigenvalue weighted by atomic mass is 10.1. The number of hydrogen-bond donors (Lipinski definition) is 0. The van der Waals surface area contributed by atoms with Crippen LogP contribution in [0.4, 0.5) is 5.69 Å². The Morgan fingerprint density at radius 3 is 2.64 bits per heavy atom. The van der Waals surface area contributed by atoms with Gasteiger partial charge in [-0.1, -0.05) is 13.0 Å². The zero-order chi connectivity index (χ0) is 9.54. The van der Waals surface area contributed by atoms with E-state index in [0.717, 1.165) is 5.92 Å². The molecular weight excluding hydrogens is 170 g/mol. The first kappa shape index (κ1) is 8.34. The van der Waals surface area contributed by atoms with E-state index >= 15 is 0 Å². The first-order valence-corrected chi connectivity index (χ1v) is 5.70. The average molecular weight is 187 g/mol. The first-order valence-electron chi connectivity index (χ1n) is 5.70. The van der Waals surface area contributed by atoms with Gasteiger partial charge >= 0.3 is 0 Å². The largest absolute Gasteiger partial charge is 0.371 e. The summed E-state index contributed by atoms with van der Waals surface area (Å²) in [6, 6.07) is 7.06. The molecule has 0 saturated carbocycles. The normalized spacial score (nSPS) is 24.6. The van der Waals surface area contributed by atoms with Gasteiger partial charge in [-0.2, -0.15) is 0 Å². The smallest absolute Gasteiger partial charge is 0.0369 e. The molecule has 1 nitrogen and oxygen atoms in total. The fraction of sp³-hybridized carbons (Fsp3) is 0.538. The third kappa shape index (κ3) is 1.23.